The molecule has 5 rings (SSSR count). The topological polar surface area (TPSA) is 98.4 Å². The molecule has 0 radical (unpaired) electrons. The van der Waals surface area contributed by atoms with Crippen LogP contribution in [0.1, 0.15) is 22.9 Å². The largest absolute Gasteiger partial charge is 0.507 e. The Hall–Kier alpha value is -3.72. The number of carbonyl (C=O) groups is 2. The number of aliphatic hydroxyl groups is 1. The molecular weight excluding hydrogens is 494 g/mol. The van der Waals surface area contributed by atoms with Crippen molar-refractivity contribution in [2.45, 2.75) is 12.6 Å². The Kier molecular flexibility index (Phi) is 5.33. The summed E-state index contributed by atoms with van der Waals surface area (Å²) in [4.78, 5) is 27.5. The van der Waals surface area contributed by atoms with Crippen LogP contribution in [0.5, 0.6) is 17.2 Å². The molecule has 1 fully saturated rings. The Balaban J connectivity index is 1.58. The summed E-state index contributed by atoms with van der Waals surface area (Å²) in [5.41, 5.74) is 1.05. The number of halogens is 1. The lowest BCUT2D eigenvalue weighted by Crippen LogP contribution is -2.29. The molecule has 1 N–H and O–H groups in total. The number of amides is 1. The lowest BCUT2D eigenvalue weighted by molar-refractivity contribution is -0.140. The van der Waals surface area contributed by atoms with E-state index in [1.54, 1.807) is 48.5 Å². The van der Waals surface area contributed by atoms with Gasteiger partial charge in [0, 0.05) is 12.1 Å². The van der Waals surface area contributed by atoms with Gasteiger partial charge in [-0.3, -0.25) is 9.59 Å². The third kappa shape index (κ3) is 3.64. The van der Waals surface area contributed by atoms with Crippen LogP contribution in [-0.2, 0) is 16.1 Å². The molecule has 2 aromatic carbocycles. The molecule has 3 heterocycles. The molecule has 0 bridgehead atoms. The molecular formula is C24H18BrNO7. The molecule has 8 nitrogen and oxygen atoms in total. The van der Waals surface area contributed by atoms with E-state index in [1.165, 1.54) is 18.3 Å². The third-order valence-electron chi connectivity index (χ3n) is 5.57. The maximum absolute atomic E-state index is 13.1. The monoisotopic (exact) mass is 511 g/mol. The van der Waals surface area contributed by atoms with Gasteiger partial charge in [0.25, 0.3) is 11.7 Å². The number of ether oxygens (including phenoxy) is 3. The van der Waals surface area contributed by atoms with Crippen molar-refractivity contribution in [1.82, 2.24) is 4.90 Å². The van der Waals surface area contributed by atoms with Gasteiger partial charge in [-0.25, -0.2) is 0 Å². The smallest absolute Gasteiger partial charge is 0.296 e. The van der Waals surface area contributed by atoms with Crippen LogP contribution < -0.4 is 14.2 Å². The maximum Gasteiger partial charge on any atom is 0.296 e. The molecule has 2 aliphatic heterocycles. The molecule has 1 atom stereocenters. The minimum absolute atomic E-state index is 0.0484. The van der Waals surface area contributed by atoms with Crippen LogP contribution in [-0.4, -0.2) is 35.6 Å². The van der Waals surface area contributed by atoms with Crippen molar-refractivity contribution in [2.24, 2.45) is 0 Å². The molecule has 1 saturated heterocycles. The number of hydrogen-bond donors (Lipinski definition) is 1. The van der Waals surface area contributed by atoms with Crippen LogP contribution in [0.3, 0.4) is 0 Å². The maximum atomic E-state index is 13.1. The standard InChI is InChI=1S/C24H18BrNO7/c1-30-16-7-5-14(10-15(16)25)22(27)20-21(18-3-2-8-31-18)26(24(29)23(20)28)11-13-4-6-17-19(9-13)33-12-32-17/h2-10,21,27H,11-12H2,1H3/b22-20-. The second-order valence-corrected chi connectivity index (χ2v) is 8.33. The number of fused-ring (bicyclic) bond motifs is 1. The number of rotatable bonds is 5. The van der Waals surface area contributed by atoms with Gasteiger partial charge in [-0.15, -0.1) is 0 Å². The molecule has 1 unspecified atom stereocenters. The summed E-state index contributed by atoms with van der Waals surface area (Å²) in [5, 5.41) is 11.1. The van der Waals surface area contributed by atoms with Crippen LogP contribution in [0, 0.1) is 0 Å². The Morgan fingerprint density at radius 3 is 2.70 bits per heavy atom. The van der Waals surface area contributed by atoms with Gasteiger partial charge in [0.05, 0.1) is 23.4 Å². The number of benzene rings is 2. The summed E-state index contributed by atoms with van der Waals surface area (Å²) in [5.74, 6) is 0.299. The molecule has 1 amide bonds. The van der Waals surface area contributed by atoms with E-state index in [0.717, 1.165) is 5.56 Å². The predicted octanol–water partition coefficient (Wildman–Crippen LogP) is 4.40. The lowest BCUT2D eigenvalue weighted by Gasteiger charge is -2.23. The highest BCUT2D eigenvalue weighted by molar-refractivity contribution is 9.10. The van der Waals surface area contributed by atoms with E-state index in [0.29, 0.717) is 33.0 Å². The first-order chi connectivity index (χ1) is 16.0. The fourth-order valence-corrected chi connectivity index (χ4v) is 4.53. The van der Waals surface area contributed by atoms with Crippen molar-refractivity contribution in [2.75, 3.05) is 13.9 Å². The predicted molar refractivity (Wildman–Crippen MR) is 120 cm³/mol. The van der Waals surface area contributed by atoms with E-state index >= 15 is 0 Å². The van der Waals surface area contributed by atoms with Gasteiger partial charge < -0.3 is 28.6 Å². The van der Waals surface area contributed by atoms with Gasteiger partial charge in [-0.2, -0.15) is 0 Å². The summed E-state index contributed by atoms with van der Waals surface area (Å²) < 4.78 is 22.2. The Bertz CT molecular complexity index is 1280. The fourth-order valence-electron chi connectivity index (χ4n) is 3.99. The van der Waals surface area contributed by atoms with Crippen molar-refractivity contribution in [3.8, 4) is 17.2 Å². The SMILES string of the molecule is COc1ccc(/C(O)=C2/C(=O)C(=O)N(Cc3ccc4c(c3)OCO4)C2c2ccco2)cc1Br. The first-order valence-corrected chi connectivity index (χ1v) is 10.8. The number of likely N-dealkylation sites (tertiary alicyclic amines) is 1. The summed E-state index contributed by atoms with van der Waals surface area (Å²) in [7, 11) is 1.53. The fraction of sp³-hybridized carbons (Fsp3) is 0.167. The number of carbonyl (C=O) groups excluding carboxylic acids is 2. The minimum Gasteiger partial charge on any atom is -0.507 e. The zero-order chi connectivity index (χ0) is 23.1. The van der Waals surface area contributed by atoms with Crippen molar-refractivity contribution < 1.29 is 33.3 Å². The van der Waals surface area contributed by atoms with E-state index in [4.69, 9.17) is 18.6 Å². The van der Waals surface area contributed by atoms with Gasteiger partial charge in [-0.1, -0.05) is 6.07 Å². The number of methoxy groups -OCH3 is 1. The van der Waals surface area contributed by atoms with Crippen molar-refractivity contribution >= 4 is 33.4 Å². The second kappa shape index (κ2) is 8.32. The van der Waals surface area contributed by atoms with Gasteiger partial charge in [0.15, 0.2) is 11.5 Å². The highest BCUT2D eigenvalue weighted by Gasteiger charge is 2.47. The van der Waals surface area contributed by atoms with Crippen LogP contribution in [0.25, 0.3) is 5.76 Å². The molecule has 168 valence electrons. The summed E-state index contributed by atoms with van der Waals surface area (Å²) >= 11 is 3.38. The minimum atomic E-state index is -0.897. The molecule has 0 aliphatic carbocycles. The molecule has 1 aromatic heterocycles. The number of Topliss-reactive ketones (excluding diaryl/α,β-unsaturated/α-hetero) is 1. The lowest BCUT2D eigenvalue weighted by atomic mass is 9.99. The van der Waals surface area contributed by atoms with Gasteiger partial charge in [0.1, 0.15) is 23.3 Å². The molecule has 2 aliphatic rings. The summed E-state index contributed by atoms with van der Waals surface area (Å²) in [6.07, 6.45) is 1.46. The van der Waals surface area contributed by atoms with E-state index in [1.807, 2.05) is 0 Å². The van der Waals surface area contributed by atoms with E-state index < -0.39 is 17.7 Å². The number of hydrogen-bond acceptors (Lipinski definition) is 7. The van der Waals surface area contributed by atoms with Gasteiger partial charge in [0.2, 0.25) is 6.79 Å². The van der Waals surface area contributed by atoms with Crippen molar-refractivity contribution in [1.29, 1.82) is 0 Å². The van der Waals surface area contributed by atoms with Crippen molar-refractivity contribution in [3.05, 3.63) is 81.7 Å². The van der Waals surface area contributed by atoms with Crippen LogP contribution in [0.2, 0.25) is 0 Å². The highest BCUT2D eigenvalue weighted by Crippen LogP contribution is 2.42. The number of furan rings is 1. The van der Waals surface area contributed by atoms with E-state index in [9.17, 15) is 14.7 Å². The quantitative estimate of drug-likeness (QED) is 0.308. The van der Waals surface area contributed by atoms with Crippen molar-refractivity contribution in [3.63, 3.8) is 0 Å². The average molecular weight is 512 g/mol. The van der Waals surface area contributed by atoms with Crippen LogP contribution >= 0.6 is 15.9 Å². The van der Waals surface area contributed by atoms with Crippen LogP contribution in [0.15, 0.2) is 69.3 Å². The van der Waals surface area contributed by atoms with Gasteiger partial charge >= 0.3 is 0 Å². The first kappa shape index (κ1) is 21.1. The Labute approximate surface area is 197 Å². The van der Waals surface area contributed by atoms with Crippen LogP contribution in [0.4, 0.5) is 0 Å². The van der Waals surface area contributed by atoms with E-state index in [-0.39, 0.29) is 24.7 Å². The summed E-state index contributed by atoms with van der Waals surface area (Å²) in [6, 6.07) is 12.6. The normalized spacial score (nSPS) is 18.7. The number of nitrogens with zero attached hydrogens (tertiary/aromatic N) is 1. The highest BCUT2D eigenvalue weighted by atomic mass is 79.9. The first-order valence-electron chi connectivity index (χ1n) is 10.0. The Morgan fingerprint density at radius 1 is 1.15 bits per heavy atom. The molecule has 9 heteroatoms. The third-order valence-corrected chi connectivity index (χ3v) is 6.19. The summed E-state index contributed by atoms with van der Waals surface area (Å²) in [6.45, 7) is 0.239. The number of ketones is 1. The molecule has 33 heavy (non-hydrogen) atoms. The zero-order valence-electron chi connectivity index (χ0n) is 17.4. The zero-order valence-corrected chi connectivity index (χ0v) is 19.0. The van der Waals surface area contributed by atoms with Gasteiger partial charge in [-0.05, 0) is 64.0 Å². The molecule has 0 spiro atoms. The number of aliphatic hydroxyl groups excluding tert-OH is 1. The molecule has 3 aromatic rings. The Morgan fingerprint density at radius 2 is 1.97 bits per heavy atom. The molecule has 0 saturated carbocycles. The van der Waals surface area contributed by atoms with E-state index in [2.05, 4.69) is 15.9 Å². The average Bonchev–Trinajstić information content (AvgIpc) is 3.55. The second-order valence-electron chi connectivity index (χ2n) is 7.48.